The third kappa shape index (κ3) is 4.20. The highest BCUT2D eigenvalue weighted by Crippen LogP contribution is 2.43. The third-order valence-corrected chi connectivity index (χ3v) is 5.68. The molecule has 1 aromatic rings. The van der Waals surface area contributed by atoms with Crippen molar-refractivity contribution in [1.29, 1.82) is 0 Å². The molecule has 3 atom stereocenters. The van der Waals surface area contributed by atoms with E-state index in [1.807, 2.05) is 19.0 Å². The van der Waals surface area contributed by atoms with Crippen molar-refractivity contribution in [2.75, 3.05) is 33.8 Å². The van der Waals surface area contributed by atoms with Crippen LogP contribution in [0.15, 0.2) is 24.3 Å². The number of carbonyl (C=O) groups is 2. The molecule has 28 heavy (non-hydrogen) atoms. The second-order valence-corrected chi connectivity index (χ2v) is 8.22. The molecule has 1 aliphatic carbocycles. The molecule has 0 radical (unpaired) electrons. The second kappa shape index (κ2) is 8.57. The van der Waals surface area contributed by atoms with Gasteiger partial charge in [0.25, 0.3) is 5.91 Å². The summed E-state index contributed by atoms with van der Waals surface area (Å²) in [5.74, 6) is -0.926. The van der Waals surface area contributed by atoms with Crippen LogP contribution < -0.4 is 5.32 Å². The van der Waals surface area contributed by atoms with E-state index in [-0.39, 0.29) is 18.1 Å². The predicted molar refractivity (Wildman–Crippen MR) is 104 cm³/mol. The van der Waals surface area contributed by atoms with E-state index < -0.39 is 23.5 Å². The maximum atomic E-state index is 14.4. The van der Waals surface area contributed by atoms with E-state index in [0.717, 1.165) is 12.8 Å². The van der Waals surface area contributed by atoms with Gasteiger partial charge in [-0.1, -0.05) is 25.5 Å². The molecule has 2 fully saturated rings. The lowest BCUT2D eigenvalue weighted by Gasteiger charge is -2.43. The molecule has 1 N–H and O–H groups in total. The number of hydrogen-bond acceptors (Lipinski definition) is 4. The van der Waals surface area contributed by atoms with Crippen molar-refractivity contribution in [2.45, 2.75) is 44.4 Å². The number of rotatable bonds is 5. The summed E-state index contributed by atoms with van der Waals surface area (Å²) in [7, 11) is 3.86. The minimum absolute atomic E-state index is 0.0170. The largest absolute Gasteiger partial charge is 0.353 e. The van der Waals surface area contributed by atoms with Gasteiger partial charge in [0, 0.05) is 13.1 Å². The number of halogens is 1. The Kier molecular flexibility index (Phi) is 6.35. The molecule has 2 amide bonds. The van der Waals surface area contributed by atoms with Crippen molar-refractivity contribution in [3.05, 3.63) is 35.6 Å². The summed E-state index contributed by atoms with van der Waals surface area (Å²) in [6.45, 7) is 3.44. The summed E-state index contributed by atoms with van der Waals surface area (Å²) in [6.07, 6.45) is 3.30. The van der Waals surface area contributed by atoms with E-state index in [4.69, 9.17) is 4.74 Å². The summed E-state index contributed by atoms with van der Waals surface area (Å²) in [5.41, 5.74) is -0.850. The van der Waals surface area contributed by atoms with E-state index in [0.29, 0.717) is 31.8 Å². The van der Waals surface area contributed by atoms with Gasteiger partial charge in [-0.05, 0) is 51.4 Å². The number of likely N-dealkylation sites (N-methyl/N-ethyl adjacent to an activating group) is 1. The van der Waals surface area contributed by atoms with Crippen LogP contribution in [0.2, 0.25) is 0 Å². The highest BCUT2D eigenvalue weighted by atomic mass is 19.1. The molecule has 0 unspecified atom stereocenters. The van der Waals surface area contributed by atoms with Crippen LogP contribution in [0.5, 0.6) is 0 Å². The van der Waals surface area contributed by atoms with Crippen LogP contribution in [0.4, 0.5) is 4.39 Å². The van der Waals surface area contributed by atoms with Crippen molar-refractivity contribution >= 4 is 11.8 Å². The fraction of sp³-hybridized carbons (Fsp3) is 0.619. The van der Waals surface area contributed by atoms with Gasteiger partial charge in [-0.25, -0.2) is 4.39 Å². The van der Waals surface area contributed by atoms with Crippen molar-refractivity contribution in [3.8, 4) is 0 Å². The van der Waals surface area contributed by atoms with Crippen molar-refractivity contribution in [3.63, 3.8) is 0 Å². The lowest BCUT2D eigenvalue weighted by atomic mass is 9.83. The van der Waals surface area contributed by atoms with Crippen LogP contribution in [0, 0.1) is 11.7 Å². The minimum Gasteiger partial charge on any atom is -0.353 e. The highest BCUT2D eigenvalue weighted by Gasteiger charge is 2.54. The summed E-state index contributed by atoms with van der Waals surface area (Å²) in [4.78, 5) is 29.7. The molecule has 3 rings (SSSR count). The molecule has 0 aromatic heterocycles. The van der Waals surface area contributed by atoms with Crippen LogP contribution in [0.3, 0.4) is 0 Å². The number of nitrogens with one attached hydrogen (secondary N) is 1. The standard InChI is InChI=1S/C21H30FN3O3/c1-15-7-6-10-21(13-15)25(20(27)16-8-4-5-9-17(16)22)18(14-28-21)19(26)23-11-12-24(2)3/h4-5,8-9,15,18H,6-7,10-14H2,1-3H3,(H,23,26)/t15-,18+,21-/m1/s1. The average molecular weight is 391 g/mol. The van der Waals surface area contributed by atoms with Crippen LogP contribution in [0.25, 0.3) is 0 Å². The Hall–Kier alpha value is -1.99. The van der Waals surface area contributed by atoms with Crippen molar-refractivity contribution in [1.82, 2.24) is 15.1 Å². The molecule has 2 aliphatic rings. The molecule has 1 aliphatic heterocycles. The fourth-order valence-corrected chi connectivity index (χ4v) is 4.29. The number of benzene rings is 1. The first-order chi connectivity index (χ1) is 13.3. The summed E-state index contributed by atoms with van der Waals surface area (Å²) in [5, 5.41) is 2.89. The van der Waals surface area contributed by atoms with E-state index in [9.17, 15) is 14.0 Å². The zero-order valence-corrected chi connectivity index (χ0v) is 16.9. The zero-order chi connectivity index (χ0) is 20.3. The Morgan fingerprint density at radius 3 is 2.79 bits per heavy atom. The molecule has 1 saturated heterocycles. The molecule has 0 bridgehead atoms. The van der Waals surface area contributed by atoms with E-state index >= 15 is 0 Å². The lowest BCUT2D eigenvalue weighted by Crippen LogP contribution is -2.57. The van der Waals surface area contributed by atoms with Gasteiger partial charge in [0.05, 0.1) is 12.2 Å². The van der Waals surface area contributed by atoms with Crippen molar-refractivity contribution < 1.29 is 18.7 Å². The highest BCUT2D eigenvalue weighted by molar-refractivity contribution is 5.98. The smallest absolute Gasteiger partial charge is 0.259 e. The van der Waals surface area contributed by atoms with Gasteiger partial charge in [-0.15, -0.1) is 0 Å². The lowest BCUT2D eigenvalue weighted by molar-refractivity contribution is -0.128. The molecule has 154 valence electrons. The molecule has 6 nitrogen and oxygen atoms in total. The Morgan fingerprint density at radius 2 is 2.11 bits per heavy atom. The molecule has 1 spiro atoms. The maximum Gasteiger partial charge on any atom is 0.259 e. The zero-order valence-electron chi connectivity index (χ0n) is 16.9. The maximum absolute atomic E-state index is 14.4. The van der Waals surface area contributed by atoms with Crippen LogP contribution >= 0.6 is 0 Å². The average Bonchev–Trinajstić information content (AvgIpc) is 2.99. The Labute approximate surface area is 166 Å². The first-order valence-electron chi connectivity index (χ1n) is 9.98. The van der Waals surface area contributed by atoms with Crippen molar-refractivity contribution in [2.24, 2.45) is 5.92 Å². The molecule has 1 saturated carbocycles. The van der Waals surface area contributed by atoms with Gasteiger partial charge in [0.1, 0.15) is 17.6 Å². The Balaban J connectivity index is 1.88. The quantitative estimate of drug-likeness (QED) is 0.836. The number of hydrogen-bond donors (Lipinski definition) is 1. The third-order valence-electron chi connectivity index (χ3n) is 5.68. The summed E-state index contributed by atoms with van der Waals surface area (Å²) in [6, 6.07) is 5.18. The number of nitrogens with zero attached hydrogens (tertiary/aromatic N) is 2. The van der Waals surface area contributed by atoms with Gasteiger partial charge >= 0.3 is 0 Å². The van der Waals surface area contributed by atoms with Crippen LogP contribution in [0.1, 0.15) is 43.0 Å². The number of amides is 2. The first-order valence-corrected chi connectivity index (χ1v) is 9.98. The molecule has 1 heterocycles. The number of carbonyl (C=O) groups excluding carboxylic acids is 2. The van der Waals surface area contributed by atoms with Gasteiger partial charge in [0.2, 0.25) is 5.91 Å². The van der Waals surface area contributed by atoms with Gasteiger partial charge in [0.15, 0.2) is 0 Å². The normalized spacial score (nSPS) is 27.4. The van der Waals surface area contributed by atoms with Crippen LogP contribution in [-0.2, 0) is 9.53 Å². The fourth-order valence-electron chi connectivity index (χ4n) is 4.29. The van der Waals surface area contributed by atoms with Gasteiger partial charge in [-0.3, -0.25) is 14.5 Å². The molecular weight excluding hydrogens is 361 g/mol. The minimum atomic E-state index is -0.833. The number of ether oxygens (including phenoxy) is 1. The first kappa shape index (κ1) is 20.7. The topological polar surface area (TPSA) is 61.9 Å². The predicted octanol–water partition coefficient (Wildman–Crippen LogP) is 2.25. The Bertz CT molecular complexity index is 727. The summed E-state index contributed by atoms with van der Waals surface area (Å²) >= 11 is 0. The summed E-state index contributed by atoms with van der Waals surface area (Å²) < 4.78 is 20.5. The molecular formula is C21H30FN3O3. The van der Waals surface area contributed by atoms with Crippen LogP contribution in [-0.4, -0.2) is 67.2 Å². The SMILES string of the molecule is C[C@@H]1CCC[C@]2(C1)OC[C@@H](C(=O)NCCN(C)C)N2C(=O)c1ccccc1F. The van der Waals surface area contributed by atoms with E-state index in [1.54, 1.807) is 12.1 Å². The molecule has 7 heteroatoms. The Morgan fingerprint density at radius 1 is 1.36 bits per heavy atom. The van der Waals surface area contributed by atoms with E-state index in [1.165, 1.54) is 17.0 Å². The van der Waals surface area contributed by atoms with E-state index in [2.05, 4.69) is 12.2 Å². The second-order valence-electron chi connectivity index (χ2n) is 8.22. The van der Waals surface area contributed by atoms with Gasteiger partial charge < -0.3 is 15.0 Å². The van der Waals surface area contributed by atoms with Gasteiger partial charge in [-0.2, -0.15) is 0 Å². The monoisotopic (exact) mass is 391 g/mol. The molecule has 1 aromatic carbocycles.